The van der Waals surface area contributed by atoms with E-state index in [4.69, 9.17) is 16.3 Å². The highest BCUT2D eigenvalue weighted by atomic mass is 35.5. The third kappa shape index (κ3) is 3.98. The van der Waals surface area contributed by atoms with Crippen LogP contribution in [0, 0.1) is 0 Å². The Kier molecular flexibility index (Phi) is 4.42. The number of hydrogen-bond acceptors (Lipinski definition) is 5. The van der Waals surface area contributed by atoms with Crippen LogP contribution in [0.1, 0.15) is 38.7 Å². The average Bonchev–Trinajstić information content (AvgIpc) is 2.68. The highest BCUT2D eigenvalue weighted by molar-refractivity contribution is 6.30. The minimum Gasteiger partial charge on any atom is -0.444 e. The van der Waals surface area contributed by atoms with Gasteiger partial charge in [-0.25, -0.2) is 4.79 Å². The van der Waals surface area contributed by atoms with Crippen molar-refractivity contribution < 1.29 is 23.9 Å². The first kappa shape index (κ1) is 16.3. The van der Waals surface area contributed by atoms with Crippen LogP contribution in [0.2, 0.25) is 5.02 Å². The number of benzene rings is 1. The van der Waals surface area contributed by atoms with Crippen LogP contribution in [-0.4, -0.2) is 23.6 Å². The van der Waals surface area contributed by atoms with E-state index in [1.165, 1.54) is 6.07 Å². The molecule has 0 aromatic heterocycles. The van der Waals surface area contributed by atoms with Crippen molar-refractivity contribution in [1.82, 2.24) is 0 Å². The van der Waals surface area contributed by atoms with E-state index < -0.39 is 29.6 Å². The van der Waals surface area contributed by atoms with Gasteiger partial charge >= 0.3 is 18.0 Å². The molecule has 22 heavy (non-hydrogen) atoms. The first-order valence-electron chi connectivity index (χ1n) is 6.70. The minimum absolute atomic E-state index is 0.0812. The van der Waals surface area contributed by atoms with Gasteiger partial charge < -0.3 is 9.47 Å². The largest absolute Gasteiger partial charge is 0.444 e. The lowest BCUT2D eigenvalue weighted by atomic mass is 9.96. The summed E-state index contributed by atoms with van der Waals surface area (Å²) < 4.78 is 9.72. The smallest absolute Gasteiger partial charge is 0.412 e. The first-order valence-corrected chi connectivity index (χ1v) is 7.07. The molecule has 1 aliphatic rings. The van der Waals surface area contributed by atoms with Crippen LogP contribution in [0.5, 0.6) is 0 Å². The zero-order valence-electron chi connectivity index (χ0n) is 12.4. The molecule has 1 saturated heterocycles. The summed E-state index contributed by atoms with van der Waals surface area (Å²) in [4.78, 5) is 34.9. The van der Waals surface area contributed by atoms with E-state index in [1.807, 2.05) is 0 Å². The Labute approximate surface area is 132 Å². The van der Waals surface area contributed by atoms with Gasteiger partial charge in [-0.05, 0) is 44.5 Å². The predicted molar refractivity (Wildman–Crippen MR) is 79.8 cm³/mol. The van der Waals surface area contributed by atoms with Gasteiger partial charge in [0.15, 0.2) is 0 Å². The molecule has 0 spiro atoms. The summed E-state index contributed by atoms with van der Waals surface area (Å²) in [6.07, 6.45) is -0.740. The summed E-state index contributed by atoms with van der Waals surface area (Å²) in [6.45, 7) is 5.22. The Hall–Kier alpha value is -2.08. The Morgan fingerprint density at radius 2 is 2.05 bits per heavy atom. The van der Waals surface area contributed by atoms with Crippen molar-refractivity contribution in [1.29, 1.82) is 0 Å². The highest BCUT2D eigenvalue weighted by Gasteiger charge is 2.36. The van der Waals surface area contributed by atoms with E-state index in [1.54, 1.807) is 32.9 Å². The van der Waals surface area contributed by atoms with E-state index in [9.17, 15) is 14.4 Å². The highest BCUT2D eigenvalue weighted by Crippen LogP contribution is 2.34. The van der Waals surface area contributed by atoms with Crippen LogP contribution in [0.4, 0.5) is 10.5 Å². The average molecular weight is 326 g/mol. The summed E-state index contributed by atoms with van der Waals surface area (Å²) in [5.74, 6) is -2.03. The number of hydrogen-bond donors (Lipinski definition) is 1. The van der Waals surface area contributed by atoms with E-state index in [0.717, 1.165) is 0 Å². The molecule has 1 aromatic rings. The molecule has 1 N–H and O–H groups in total. The molecule has 1 atom stereocenters. The molecule has 1 heterocycles. The van der Waals surface area contributed by atoms with Gasteiger partial charge in [0.25, 0.3) is 0 Å². The first-order chi connectivity index (χ1) is 10.2. The molecular weight excluding hydrogens is 310 g/mol. The normalized spacial score (nSPS) is 18.1. The number of anilines is 1. The third-order valence-electron chi connectivity index (χ3n) is 2.89. The predicted octanol–water partition coefficient (Wildman–Crippen LogP) is 3.24. The van der Waals surface area contributed by atoms with E-state index in [2.05, 4.69) is 10.1 Å². The molecule has 0 radical (unpaired) electrons. The summed E-state index contributed by atoms with van der Waals surface area (Å²) in [5, 5.41) is 2.95. The SMILES string of the molecule is CC(C)(C)OC(=O)Nc1ccc(Cl)cc1C1CC(=O)OC1=O. The molecule has 0 aliphatic carbocycles. The molecule has 118 valence electrons. The molecule has 2 rings (SSSR count). The number of amides is 1. The molecular formula is C15H16ClNO5. The van der Waals surface area contributed by atoms with Gasteiger partial charge in [-0.2, -0.15) is 0 Å². The standard InChI is InChI=1S/C15H16ClNO5/c1-15(2,3)22-14(20)17-11-5-4-8(16)6-9(11)10-7-12(18)21-13(10)19/h4-6,10H,7H2,1-3H3,(H,17,20). The third-order valence-corrected chi connectivity index (χ3v) is 3.13. The van der Waals surface area contributed by atoms with Crippen molar-refractivity contribution in [3.63, 3.8) is 0 Å². The topological polar surface area (TPSA) is 81.7 Å². The molecule has 1 fully saturated rings. The molecule has 7 heteroatoms. The number of esters is 2. The van der Waals surface area contributed by atoms with Gasteiger partial charge in [-0.3, -0.25) is 14.9 Å². The Balaban J connectivity index is 2.27. The number of carbonyl (C=O) groups excluding carboxylic acids is 3. The Morgan fingerprint density at radius 1 is 1.36 bits per heavy atom. The lowest BCUT2D eigenvalue weighted by molar-refractivity contribution is -0.152. The fraction of sp³-hybridized carbons (Fsp3) is 0.400. The quantitative estimate of drug-likeness (QED) is 0.666. The monoisotopic (exact) mass is 325 g/mol. The van der Waals surface area contributed by atoms with E-state index in [0.29, 0.717) is 16.3 Å². The van der Waals surface area contributed by atoms with Gasteiger partial charge in [0.1, 0.15) is 5.60 Å². The van der Waals surface area contributed by atoms with E-state index >= 15 is 0 Å². The molecule has 0 saturated carbocycles. The van der Waals surface area contributed by atoms with E-state index in [-0.39, 0.29) is 6.42 Å². The van der Waals surface area contributed by atoms with Crippen molar-refractivity contribution in [2.75, 3.05) is 5.32 Å². The molecule has 0 bridgehead atoms. The van der Waals surface area contributed by atoms with Crippen LogP contribution >= 0.6 is 11.6 Å². The maximum Gasteiger partial charge on any atom is 0.412 e. The summed E-state index contributed by atoms with van der Waals surface area (Å²) in [6, 6.07) is 4.65. The second-order valence-corrected chi connectivity index (χ2v) is 6.34. The molecule has 1 unspecified atom stereocenters. The number of cyclic esters (lactones) is 2. The number of carbonyl (C=O) groups is 3. The maximum absolute atomic E-state index is 11.9. The van der Waals surface area contributed by atoms with Crippen LogP contribution in [0.15, 0.2) is 18.2 Å². The van der Waals surface area contributed by atoms with Crippen LogP contribution in [0.25, 0.3) is 0 Å². The Bertz CT molecular complexity index is 635. The van der Waals surface area contributed by atoms with Gasteiger partial charge in [-0.1, -0.05) is 11.6 Å². The Morgan fingerprint density at radius 3 is 2.59 bits per heavy atom. The fourth-order valence-electron chi connectivity index (χ4n) is 2.06. The number of nitrogens with one attached hydrogen (secondary N) is 1. The van der Waals surface area contributed by atoms with Crippen LogP contribution in [0.3, 0.4) is 0 Å². The van der Waals surface area contributed by atoms with Crippen molar-refractivity contribution in [3.05, 3.63) is 28.8 Å². The lowest BCUT2D eigenvalue weighted by Crippen LogP contribution is -2.27. The molecule has 1 aromatic carbocycles. The number of halogens is 1. The second-order valence-electron chi connectivity index (χ2n) is 5.91. The molecule has 6 nitrogen and oxygen atoms in total. The summed E-state index contributed by atoms with van der Waals surface area (Å²) in [7, 11) is 0. The zero-order valence-corrected chi connectivity index (χ0v) is 13.2. The number of ether oxygens (including phenoxy) is 2. The van der Waals surface area contributed by atoms with Crippen molar-refractivity contribution >= 4 is 35.3 Å². The van der Waals surface area contributed by atoms with Crippen molar-refractivity contribution in [2.24, 2.45) is 0 Å². The molecule has 1 aliphatic heterocycles. The maximum atomic E-state index is 11.9. The van der Waals surface area contributed by atoms with Crippen LogP contribution in [-0.2, 0) is 19.1 Å². The lowest BCUT2D eigenvalue weighted by Gasteiger charge is -2.21. The number of rotatable bonds is 2. The van der Waals surface area contributed by atoms with Gasteiger partial charge in [-0.15, -0.1) is 0 Å². The summed E-state index contributed by atoms with van der Waals surface area (Å²) in [5.41, 5.74) is 0.128. The van der Waals surface area contributed by atoms with Gasteiger partial charge in [0, 0.05) is 10.7 Å². The van der Waals surface area contributed by atoms with Gasteiger partial charge in [0.05, 0.1) is 12.3 Å². The van der Waals surface area contributed by atoms with Crippen LogP contribution < -0.4 is 5.32 Å². The minimum atomic E-state index is -0.781. The van der Waals surface area contributed by atoms with Crippen molar-refractivity contribution in [2.45, 2.75) is 38.7 Å². The van der Waals surface area contributed by atoms with Crippen molar-refractivity contribution in [3.8, 4) is 0 Å². The fourth-order valence-corrected chi connectivity index (χ4v) is 2.24. The van der Waals surface area contributed by atoms with Gasteiger partial charge in [0.2, 0.25) is 0 Å². The summed E-state index contributed by atoms with van der Waals surface area (Å²) >= 11 is 5.94. The molecule has 1 amide bonds. The second kappa shape index (κ2) is 5.96. The zero-order chi connectivity index (χ0) is 16.5.